The third-order valence-corrected chi connectivity index (χ3v) is 12.9. The van der Waals surface area contributed by atoms with Crippen molar-refractivity contribution in [3.05, 3.63) is 89.5 Å². The average molecular weight is 925 g/mol. The molecule has 66 heavy (non-hydrogen) atoms. The summed E-state index contributed by atoms with van der Waals surface area (Å²) in [7, 11) is 0. The molecule has 15 atom stereocenters. The summed E-state index contributed by atoms with van der Waals surface area (Å²) in [6, 6.07) is 21.9. The number of ether oxygens (including phenoxy) is 6. The maximum Gasteiger partial charge on any atom is 0.231 e. The molecule has 3 saturated heterocycles. The Bertz CT molecular complexity index is 2080. The first-order chi connectivity index (χ1) is 31.0. The van der Waals surface area contributed by atoms with Crippen molar-refractivity contribution in [2.75, 3.05) is 19.8 Å². The van der Waals surface area contributed by atoms with Crippen LogP contribution in [0.25, 0.3) is 33.4 Å². The largest absolute Gasteiger partial charge is 0.461 e. The van der Waals surface area contributed by atoms with E-state index in [1.54, 1.807) is 57.2 Å². The SMILES string of the molecule is Cc1cc(-c2cc(-c3ccc(O[C@H]4O[C@H](CO)[C@@H](O)[C@H](O)[C@]4(C)O)c(C)c3)cc(-c3ccc(O[C@H]4O[C@H](CO)[C@@H](O)[C@H](O)[C@]4(C)O)c(C)c3)c2)ccc1O[C@H]1O[C@H](CO)[C@@H](O)[C@H](O)[C@]1(C)O. The van der Waals surface area contributed by atoms with Crippen molar-refractivity contribution in [1.82, 2.24) is 0 Å². The molecule has 0 aromatic heterocycles. The summed E-state index contributed by atoms with van der Waals surface area (Å²) in [6.07, 6.45) is -17.6. The number of benzene rings is 4. The van der Waals surface area contributed by atoms with Crippen molar-refractivity contribution in [1.29, 1.82) is 0 Å². The van der Waals surface area contributed by atoms with E-state index in [4.69, 9.17) is 28.4 Å². The zero-order chi connectivity index (χ0) is 48.2. The zero-order valence-corrected chi connectivity index (χ0v) is 37.3. The number of aliphatic hydroxyl groups is 12. The van der Waals surface area contributed by atoms with Gasteiger partial charge in [-0.05, 0) is 146 Å². The molecule has 3 heterocycles. The second kappa shape index (κ2) is 19.0. The second-order valence-electron chi connectivity index (χ2n) is 18.1. The molecule has 4 aromatic carbocycles. The Morgan fingerprint density at radius 1 is 0.409 bits per heavy atom. The summed E-state index contributed by atoms with van der Waals surface area (Å²) < 4.78 is 35.2. The highest BCUT2D eigenvalue weighted by Crippen LogP contribution is 2.40. The molecule has 12 N–H and O–H groups in total. The van der Waals surface area contributed by atoms with E-state index in [2.05, 4.69) is 0 Å². The highest BCUT2D eigenvalue weighted by atomic mass is 16.7. The molecule has 3 aliphatic rings. The normalized spacial score (nSPS) is 35.9. The highest BCUT2D eigenvalue weighted by Gasteiger charge is 2.55. The second-order valence-corrected chi connectivity index (χ2v) is 18.1. The number of hydrogen-bond acceptors (Lipinski definition) is 18. The Morgan fingerprint density at radius 2 is 0.652 bits per heavy atom. The fraction of sp³-hybridized carbons (Fsp3) is 0.500. The summed E-state index contributed by atoms with van der Waals surface area (Å²) in [5.74, 6) is 0.916. The molecule has 18 heteroatoms. The summed E-state index contributed by atoms with van der Waals surface area (Å²) in [6.45, 7) is 7.28. The molecular weight excluding hydrogens is 865 g/mol. The summed E-state index contributed by atoms with van der Waals surface area (Å²) in [4.78, 5) is 0. The molecule has 0 radical (unpaired) electrons. The summed E-state index contributed by atoms with van der Waals surface area (Å²) in [5, 5.41) is 125. The van der Waals surface area contributed by atoms with Crippen LogP contribution in [0.5, 0.6) is 17.2 Å². The lowest BCUT2D eigenvalue weighted by Crippen LogP contribution is -2.66. The molecule has 3 aliphatic heterocycles. The van der Waals surface area contributed by atoms with Crippen LogP contribution in [0.4, 0.5) is 0 Å². The average Bonchev–Trinajstić information content (AvgIpc) is 3.28. The third kappa shape index (κ3) is 9.30. The topological polar surface area (TPSA) is 298 Å². The number of rotatable bonds is 12. The van der Waals surface area contributed by atoms with Gasteiger partial charge in [0.25, 0.3) is 0 Å². The van der Waals surface area contributed by atoms with Gasteiger partial charge in [-0.3, -0.25) is 0 Å². The van der Waals surface area contributed by atoms with E-state index >= 15 is 0 Å². The van der Waals surface area contributed by atoms with Gasteiger partial charge >= 0.3 is 0 Å². The van der Waals surface area contributed by atoms with Crippen LogP contribution in [0.2, 0.25) is 0 Å². The molecule has 0 spiro atoms. The Kier molecular flexibility index (Phi) is 14.3. The highest BCUT2D eigenvalue weighted by molar-refractivity contribution is 5.82. The van der Waals surface area contributed by atoms with Gasteiger partial charge in [-0.1, -0.05) is 18.2 Å². The minimum atomic E-state index is -2.03. The zero-order valence-electron chi connectivity index (χ0n) is 37.3. The minimum Gasteiger partial charge on any atom is -0.461 e. The first-order valence-electron chi connectivity index (χ1n) is 21.6. The van der Waals surface area contributed by atoms with E-state index in [1.165, 1.54) is 20.8 Å². The molecule has 18 nitrogen and oxygen atoms in total. The van der Waals surface area contributed by atoms with Crippen molar-refractivity contribution in [3.8, 4) is 50.6 Å². The Labute approximate surface area is 381 Å². The third-order valence-electron chi connectivity index (χ3n) is 12.9. The van der Waals surface area contributed by atoms with Crippen LogP contribution < -0.4 is 14.2 Å². The van der Waals surface area contributed by atoms with Gasteiger partial charge in [0.15, 0.2) is 16.8 Å². The fourth-order valence-corrected chi connectivity index (χ4v) is 8.45. The van der Waals surface area contributed by atoms with Crippen LogP contribution in [0, 0.1) is 20.8 Å². The van der Waals surface area contributed by atoms with Crippen molar-refractivity contribution < 1.29 is 89.7 Å². The molecular formula is C48H60O18. The lowest BCUT2D eigenvalue weighted by atomic mass is 9.88. The molecule has 3 fully saturated rings. The lowest BCUT2D eigenvalue weighted by Gasteiger charge is -2.45. The van der Waals surface area contributed by atoms with Gasteiger partial charge in [0.05, 0.1) is 19.8 Å². The molecule has 0 bridgehead atoms. The van der Waals surface area contributed by atoms with E-state index in [9.17, 15) is 61.3 Å². The number of hydrogen-bond donors (Lipinski definition) is 12. The monoisotopic (exact) mass is 924 g/mol. The molecule has 0 amide bonds. The smallest absolute Gasteiger partial charge is 0.231 e. The van der Waals surface area contributed by atoms with Crippen LogP contribution in [-0.4, -0.2) is 172 Å². The molecule has 360 valence electrons. The van der Waals surface area contributed by atoms with Gasteiger partial charge in [0.2, 0.25) is 18.9 Å². The fourth-order valence-electron chi connectivity index (χ4n) is 8.45. The predicted molar refractivity (Wildman–Crippen MR) is 234 cm³/mol. The number of aryl methyl sites for hydroxylation is 3. The van der Waals surface area contributed by atoms with Crippen molar-refractivity contribution in [2.45, 2.75) is 132 Å². The minimum absolute atomic E-state index is 0.305. The Morgan fingerprint density at radius 3 is 0.864 bits per heavy atom. The molecule has 7 rings (SSSR count). The molecule has 0 saturated carbocycles. The van der Waals surface area contributed by atoms with Crippen LogP contribution >= 0.6 is 0 Å². The molecule has 0 unspecified atom stereocenters. The van der Waals surface area contributed by atoms with Crippen molar-refractivity contribution >= 4 is 0 Å². The van der Waals surface area contributed by atoms with E-state index < -0.39 is 110 Å². The van der Waals surface area contributed by atoms with Gasteiger partial charge in [0, 0.05) is 0 Å². The maximum atomic E-state index is 11.1. The van der Waals surface area contributed by atoms with E-state index in [1.807, 2.05) is 36.4 Å². The van der Waals surface area contributed by atoms with E-state index in [0.717, 1.165) is 33.4 Å². The quantitative estimate of drug-likeness (QED) is 0.0911. The maximum absolute atomic E-state index is 11.1. The lowest BCUT2D eigenvalue weighted by molar-refractivity contribution is -0.314. The van der Waals surface area contributed by atoms with Crippen LogP contribution in [0.15, 0.2) is 72.8 Å². The molecule has 0 aliphatic carbocycles. The van der Waals surface area contributed by atoms with E-state index in [0.29, 0.717) is 33.9 Å². The van der Waals surface area contributed by atoms with Crippen LogP contribution in [0.1, 0.15) is 37.5 Å². The van der Waals surface area contributed by atoms with Gasteiger partial charge < -0.3 is 89.7 Å². The first kappa shape index (κ1) is 49.6. The van der Waals surface area contributed by atoms with Crippen LogP contribution in [0.3, 0.4) is 0 Å². The Balaban J connectivity index is 1.24. The van der Waals surface area contributed by atoms with Gasteiger partial charge in [0.1, 0.15) is 72.2 Å². The summed E-state index contributed by atoms with van der Waals surface area (Å²) >= 11 is 0. The van der Waals surface area contributed by atoms with E-state index in [-0.39, 0.29) is 0 Å². The van der Waals surface area contributed by atoms with Gasteiger partial charge in [-0.15, -0.1) is 0 Å². The van der Waals surface area contributed by atoms with Gasteiger partial charge in [-0.25, -0.2) is 0 Å². The first-order valence-corrected chi connectivity index (χ1v) is 21.6. The predicted octanol–water partition coefficient (Wildman–Crippen LogP) is 0.319. The van der Waals surface area contributed by atoms with Crippen molar-refractivity contribution in [2.24, 2.45) is 0 Å². The standard InChI is InChI=1S/C48H60O18/c1-22-13-25(7-10-31(22)61-43-46(4,58)40(55)37(52)34(19-49)64-43)28-16-29(26-8-11-32(23(2)14-26)62-44-47(5,59)41(56)38(53)35(20-50)65-44)18-30(17-28)27-9-12-33(24(3)15-27)63-45-48(6,60)42(57)39(54)36(21-51)66-45/h7-18,34-45,49-60H,19-21H2,1-6H3/t34-,35-,36-,37-,38-,39-,40+,41+,42+,43+,44+,45+,46+,47+,48+/m1/s1. The van der Waals surface area contributed by atoms with Gasteiger partial charge in [-0.2, -0.15) is 0 Å². The number of aliphatic hydroxyl groups excluding tert-OH is 9. The summed E-state index contributed by atoms with van der Waals surface area (Å²) in [5.41, 5.74) is 0.317. The Hall–Kier alpha value is -4.32. The van der Waals surface area contributed by atoms with Crippen molar-refractivity contribution in [3.63, 3.8) is 0 Å². The van der Waals surface area contributed by atoms with Crippen LogP contribution in [-0.2, 0) is 14.2 Å². The molecule has 4 aromatic rings.